The molecular formula is C24H22ClN3O. The molecule has 0 aliphatic heterocycles. The Hall–Kier alpha value is -3.11. The van der Waals surface area contributed by atoms with Crippen molar-refractivity contribution in [1.82, 2.24) is 15.1 Å². The van der Waals surface area contributed by atoms with Gasteiger partial charge in [-0.1, -0.05) is 79.2 Å². The normalized spacial score (nSPS) is 12.1. The third-order valence-corrected chi connectivity index (χ3v) is 5.26. The van der Waals surface area contributed by atoms with Gasteiger partial charge in [0.2, 0.25) is 5.91 Å². The number of rotatable bonds is 6. The molecule has 4 aromatic rings. The van der Waals surface area contributed by atoms with Crippen molar-refractivity contribution >= 4 is 28.4 Å². The van der Waals surface area contributed by atoms with Crippen LogP contribution in [-0.4, -0.2) is 22.2 Å². The number of carbonyl (C=O) groups excluding carboxylic acids is 1. The number of carbonyl (C=O) groups is 1. The Balaban J connectivity index is 1.54. The van der Waals surface area contributed by atoms with Crippen molar-refractivity contribution in [3.63, 3.8) is 0 Å². The Bertz CT molecular complexity index is 1120. The molecule has 1 atom stereocenters. The van der Waals surface area contributed by atoms with Gasteiger partial charge in [-0.15, -0.1) is 0 Å². The van der Waals surface area contributed by atoms with Gasteiger partial charge in [-0.3, -0.25) is 9.48 Å². The third-order valence-electron chi connectivity index (χ3n) is 5.03. The molecule has 0 saturated heterocycles. The quantitative estimate of drug-likeness (QED) is 0.476. The highest BCUT2D eigenvalue weighted by molar-refractivity contribution is 6.31. The van der Waals surface area contributed by atoms with Gasteiger partial charge in [0.1, 0.15) is 12.2 Å². The Morgan fingerprint density at radius 2 is 1.72 bits per heavy atom. The first kappa shape index (κ1) is 19.2. The molecule has 0 bridgehead atoms. The molecule has 1 amide bonds. The van der Waals surface area contributed by atoms with Crippen molar-refractivity contribution in [3.05, 3.63) is 89.4 Å². The summed E-state index contributed by atoms with van der Waals surface area (Å²) < 4.78 is 1.75. The lowest BCUT2D eigenvalue weighted by molar-refractivity contribution is -0.121. The maximum Gasteiger partial charge on any atom is 0.241 e. The zero-order valence-electron chi connectivity index (χ0n) is 16.2. The van der Waals surface area contributed by atoms with Gasteiger partial charge in [0.25, 0.3) is 0 Å². The van der Waals surface area contributed by atoms with Crippen LogP contribution in [0.2, 0.25) is 5.02 Å². The predicted octanol–water partition coefficient (Wildman–Crippen LogP) is 5.28. The number of hydrogen-bond donors (Lipinski definition) is 1. The molecule has 0 spiro atoms. The highest BCUT2D eigenvalue weighted by Crippen LogP contribution is 2.30. The predicted molar refractivity (Wildman–Crippen MR) is 118 cm³/mol. The fourth-order valence-electron chi connectivity index (χ4n) is 3.44. The monoisotopic (exact) mass is 403 g/mol. The maximum absolute atomic E-state index is 12.6. The van der Waals surface area contributed by atoms with Crippen LogP contribution < -0.4 is 5.32 Å². The summed E-state index contributed by atoms with van der Waals surface area (Å²) in [5.74, 6) is 0.181. The number of fused-ring (bicyclic) bond motifs is 1. The lowest BCUT2D eigenvalue weighted by Crippen LogP contribution is -2.31. The molecule has 1 heterocycles. The molecule has 0 radical (unpaired) electrons. The van der Waals surface area contributed by atoms with E-state index >= 15 is 0 Å². The summed E-state index contributed by atoms with van der Waals surface area (Å²) in [6, 6.07) is 25.8. The average molecular weight is 404 g/mol. The summed E-state index contributed by atoms with van der Waals surface area (Å²) in [4.78, 5) is 12.6. The lowest BCUT2D eigenvalue weighted by atomic mass is 10.0. The van der Waals surface area contributed by atoms with Crippen LogP contribution in [0.25, 0.3) is 22.2 Å². The Labute approximate surface area is 175 Å². The summed E-state index contributed by atoms with van der Waals surface area (Å²) in [6.07, 6.45) is 0. The topological polar surface area (TPSA) is 46.9 Å². The van der Waals surface area contributed by atoms with E-state index in [9.17, 15) is 4.79 Å². The number of benzene rings is 3. The molecule has 0 saturated carbocycles. The van der Waals surface area contributed by atoms with Gasteiger partial charge in [0, 0.05) is 22.5 Å². The maximum atomic E-state index is 12.6. The Kier molecular flexibility index (Phi) is 5.63. The van der Waals surface area contributed by atoms with E-state index < -0.39 is 0 Å². The molecule has 0 aliphatic rings. The second-order valence-electron chi connectivity index (χ2n) is 7.15. The van der Waals surface area contributed by atoms with Crippen LogP contribution >= 0.6 is 11.6 Å². The van der Waals surface area contributed by atoms with Crippen LogP contribution in [0.15, 0.2) is 78.9 Å². The molecular weight excluding hydrogens is 382 g/mol. The van der Waals surface area contributed by atoms with Gasteiger partial charge in [-0.2, -0.15) is 5.10 Å². The number of halogens is 1. The number of hydrogen-bond acceptors (Lipinski definition) is 2. The van der Waals surface area contributed by atoms with Gasteiger partial charge in [0.15, 0.2) is 0 Å². The fourth-order valence-corrected chi connectivity index (χ4v) is 3.61. The van der Waals surface area contributed by atoms with E-state index in [1.807, 2.05) is 66.7 Å². The molecule has 0 aliphatic carbocycles. The van der Waals surface area contributed by atoms with Crippen LogP contribution in [0.1, 0.15) is 18.4 Å². The second kappa shape index (κ2) is 8.50. The first-order valence-electron chi connectivity index (χ1n) is 9.65. The minimum absolute atomic E-state index is 0.0632. The molecule has 0 unspecified atom stereocenters. The van der Waals surface area contributed by atoms with Gasteiger partial charge in [0.05, 0.1) is 5.52 Å². The van der Waals surface area contributed by atoms with E-state index in [4.69, 9.17) is 16.7 Å². The molecule has 29 heavy (non-hydrogen) atoms. The van der Waals surface area contributed by atoms with Crippen molar-refractivity contribution in [3.8, 4) is 11.3 Å². The van der Waals surface area contributed by atoms with Crippen LogP contribution in [0, 0.1) is 0 Å². The van der Waals surface area contributed by atoms with Crippen molar-refractivity contribution < 1.29 is 4.79 Å². The summed E-state index contributed by atoms with van der Waals surface area (Å²) in [5.41, 5.74) is 3.92. The van der Waals surface area contributed by atoms with E-state index in [0.717, 1.165) is 22.2 Å². The lowest BCUT2D eigenvalue weighted by Gasteiger charge is -2.13. The van der Waals surface area contributed by atoms with Gasteiger partial charge in [-0.05, 0) is 29.7 Å². The minimum atomic E-state index is -0.0632. The first-order chi connectivity index (χ1) is 14.1. The van der Waals surface area contributed by atoms with Crippen molar-refractivity contribution in [2.75, 3.05) is 6.54 Å². The molecule has 5 heteroatoms. The molecule has 1 N–H and O–H groups in total. The number of nitrogens with zero attached hydrogens (tertiary/aromatic N) is 2. The highest BCUT2D eigenvalue weighted by Gasteiger charge is 2.15. The summed E-state index contributed by atoms with van der Waals surface area (Å²) in [7, 11) is 0. The average Bonchev–Trinajstić information content (AvgIpc) is 3.10. The standard InChI is InChI=1S/C24H22ClN3O/c1-17(18-8-4-2-5-9-18)15-26-23(29)16-28-22-13-12-20(25)14-21(22)24(27-28)19-10-6-3-7-11-19/h2-14,17H,15-16H2,1H3,(H,26,29)/t17-/m0/s1. The SMILES string of the molecule is C[C@@H](CNC(=O)Cn1nc(-c2ccccc2)c2cc(Cl)ccc21)c1ccccc1. The summed E-state index contributed by atoms with van der Waals surface area (Å²) in [6.45, 7) is 2.85. The summed E-state index contributed by atoms with van der Waals surface area (Å²) >= 11 is 6.22. The zero-order valence-corrected chi connectivity index (χ0v) is 16.9. The third kappa shape index (κ3) is 4.33. The van der Waals surface area contributed by atoms with Crippen molar-refractivity contribution in [2.45, 2.75) is 19.4 Å². The van der Waals surface area contributed by atoms with Gasteiger partial charge in [-0.25, -0.2) is 0 Å². The van der Waals surface area contributed by atoms with Gasteiger partial charge < -0.3 is 5.32 Å². The fraction of sp³-hybridized carbons (Fsp3) is 0.167. The Morgan fingerprint density at radius 1 is 1.03 bits per heavy atom. The van der Waals surface area contributed by atoms with Crippen LogP contribution in [0.4, 0.5) is 0 Å². The molecule has 4 rings (SSSR count). The smallest absolute Gasteiger partial charge is 0.241 e. The van der Waals surface area contributed by atoms with E-state index in [-0.39, 0.29) is 18.4 Å². The first-order valence-corrected chi connectivity index (χ1v) is 10.0. The van der Waals surface area contributed by atoms with Crippen molar-refractivity contribution in [1.29, 1.82) is 0 Å². The highest BCUT2D eigenvalue weighted by atomic mass is 35.5. The van der Waals surface area contributed by atoms with Gasteiger partial charge >= 0.3 is 0 Å². The minimum Gasteiger partial charge on any atom is -0.354 e. The number of nitrogens with one attached hydrogen (secondary N) is 1. The molecule has 0 fully saturated rings. The molecule has 146 valence electrons. The van der Waals surface area contributed by atoms with Crippen LogP contribution in [-0.2, 0) is 11.3 Å². The summed E-state index contributed by atoms with van der Waals surface area (Å²) in [5, 5.41) is 9.34. The molecule has 4 nitrogen and oxygen atoms in total. The molecule has 3 aromatic carbocycles. The van der Waals surface area contributed by atoms with Crippen molar-refractivity contribution in [2.24, 2.45) is 0 Å². The molecule has 1 aromatic heterocycles. The van der Waals surface area contributed by atoms with E-state index in [1.54, 1.807) is 4.68 Å². The van der Waals surface area contributed by atoms with E-state index in [2.05, 4.69) is 24.4 Å². The number of aromatic nitrogens is 2. The zero-order chi connectivity index (χ0) is 20.2. The van der Waals surface area contributed by atoms with Crippen LogP contribution in [0.3, 0.4) is 0 Å². The second-order valence-corrected chi connectivity index (χ2v) is 7.59. The number of amides is 1. The van der Waals surface area contributed by atoms with Crippen LogP contribution in [0.5, 0.6) is 0 Å². The largest absolute Gasteiger partial charge is 0.354 e. The Morgan fingerprint density at radius 3 is 2.45 bits per heavy atom. The van der Waals surface area contributed by atoms with E-state index in [0.29, 0.717) is 11.6 Å². The van der Waals surface area contributed by atoms with E-state index in [1.165, 1.54) is 5.56 Å².